The fourth-order valence-electron chi connectivity index (χ4n) is 3.02. The van der Waals surface area contributed by atoms with Gasteiger partial charge in [-0.25, -0.2) is 4.39 Å². The van der Waals surface area contributed by atoms with Crippen LogP contribution < -0.4 is 15.4 Å². The van der Waals surface area contributed by atoms with Gasteiger partial charge in [0.15, 0.2) is 6.61 Å². The van der Waals surface area contributed by atoms with Crippen LogP contribution in [0.15, 0.2) is 66.2 Å². The van der Waals surface area contributed by atoms with E-state index in [1.165, 1.54) is 42.5 Å². The summed E-state index contributed by atoms with van der Waals surface area (Å²) in [7, 11) is 0. The van der Waals surface area contributed by atoms with Crippen molar-refractivity contribution in [2.75, 3.05) is 17.2 Å². The molecular weight excluding hydrogens is 457 g/mol. The van der Waals surface area contributed by atoms with Gasteiger partial charge in [0, 0.05) is 22.0 Å². The van der Waals surface area contributed by atoms with Crippen molar-refractivity contribution in [3.05, 3.63) is 93.8 Å². The first-order valence-electron chi connectivity index (χ1n) is 10.2. The molecule has 0 unspecified atom stereocenters. The molecule has 3 rings (SSSR count). The molecular formula is C26H21ClFN3O3. The maximum atomic E-state index is 13.0. The van der Waals surface area contributed by atoms with Crippen molar-refractivity contribution >= 4 is 40.9 Å². The van der Waals surface area contributed by atoms with E-state index in [1.54, 1.807) is 12.1 Å². The maximum Gasteiger partial charge on any atom is 0.266 e. The molecule has 0 fully saturated rings. The van der Waals surface area contributed by atoms with E-state index in [0.717, 1.165) is 11.1 Å². The summed E-state index contributed by atoms with van der Waals surface area (Å²) in [6, 6.07) is 17.3. The molecule has 0 spiro atoms. The van der Waals surface area contributed by atoms with Crippen LogP contribution in [0.1, 0.15) is 16.7 Å². The van der Waals surface area contributed by atoms with Gasteiger partial charge in [-0.05, 0) is 79.6 Å². The summed E-state index contributed by atoms with van der Waals surface area (Å²) < 4.78 is 18.6. The lowest BCUT2D eigenvalue weighted by Crippen LogP contribution is -2.20. The Kier molecular flexibility index (Phi) is 8.01. The molecule has 0 aromatic heterocycles. The summed E-state index contributed by atoms with van der Waals surface area (Å²) in [6.07, 6.45) is 1.35. The van der Waals surface area contributed by atoms with E-state index in [2.05, 4.69) is 10.6 Å². The van der Waals surface area contributed by atoms with Gasteiger partial charge in [-0.2, -0.15) is 5.26 Å². The van der Waals surface area contributed by atoms with Gasteiger partial charge in [0.25, 0.3) is 11.8 Å². The Hall–Kier alpha value is -4.15. The van der Waals surface area contributed by atoms with Crippen molar-refractivity contribution in [2.45, 2.75) is 13.8 Å². The molecule has 172 valence electrons. The second kappa shape index (κ2) is 11.1. The lowest BCUT2D eigenvalue weighted by molar-refractivity contribution is -0.118. The number of amides is 2. The average molecular weight is 478 g/mol. The quantitative estimate of drug-likeness (QED) is 0.339. The Labute approximate surface area is 201 Å². The zero-order chi connectivity index (χ0) is 24.7. The number of carbonyl (C=O) groups is 2. The zero-order valence-corrected chi connectivity index (χ0v) is 19.2. The number of nitrogens with zero attached hydrogens (tertiary/aromatic N) is 1. The number of benzene rings is 3. The molecule has 34 heavy (non-hydrogen) atoms. The highest BCUT2D eigenvalue weighted by Gasteiger charge is 2.14. The van der Waals surface area contributed by atoms with E-state index < -0.39 is 17.6 Å². The Morgan fingerprint density at radius 3 is 2.53 bits per heavy atom. The molecule has 0 aliphatic rings. The van der Waals surface area contributed by atoms with Crippen LogP contribution in [0.3, 0.4) is 0 Å². The van der Waals surface area contributed by atoms with Crippen molar-refractivity contribution in [1.82, 2.24) is 0 Å². The minimum absolute atomic E-state index is 0.163. The molecule has 0 aliphatic carbocycles. The van der Waals surface area contributed by atoms with Crippen LogP contribution in [-0.4, -0.2) is 18.4 Å². The highest BCUT2D eigenvalue weighted by molar-refractivity contribution is 6.30. The van der Waals surface area contributed by atoms with E-state index in [-0.39, 0.29) is 17.9 Å². The number of aryl methyl sites for hydroxylation is 1. The Morgan fingerprint density at radius 2 is 1.82 bits per heavy atom. The van der Waals surface area contributed by atoms with Crippen LogP contribution in [0.2, 0.25) is 5.02 Å². The van der Waals surface area contributed by atoms with Crippen LogP contribution in [0.4, 0.5) is 15.8 Å². The Morgan fingerprint density at radius 1 is 1.09 bits per heavy atom. The van der Waals surface area contributed by atoms with Crippen molar-refractivity contribution in [3.8, 4) is 11.8 Å². The number of hydrogen-bond donors (Lipinski definition) is 2. The third-order valence-corrected chi connectivity index (χ3v) is 5.21. The fraction of sp³-hybridized carbons (Fsp3) is 0.115. The largest absolute Gasteiger partial charge is 0.483 e. The molecule has 3 aromatic rings. The molecule has 2 amide bonds. The van der Waals surface area contributed by atoms with E-state index in [9.17, 15) is 19.2 Å². The smallest absolute Gasteiger partial charge is 0.266 e. The molecule has 0 radical (unpaired) electrons. The molecule has 3 aromatic carbocycles. The standard InChI is InChI=1S/C26H21ClFN3O3/c1-16-4-3-5-23(17(16)2)31-26(33)19(14-29)12-18-13-20(27)6-11-24(18)34-15-25(32)30-22-9-7-21(28)8-10-22/h3-13H,15H2,1-2H3,(H,30,32)(H,31,33)/b19-12-. The third-order valence-electron chi connectivity index (χ3n) is 4.98. The van der Waals surface area contributed by atoms with Crippen LogP contribution in [-0.2, 0) is 9.59 Å². The predicted molar refractivity (Wildman–Crippen MR) is 130 cm³/mol. The monoisotopic (exact) mass is 477 g/mol. The van der Waals surface area contributed by atoms with Crippen LogP contribution in [0, 0.1) is 31.0 Å². The van der Waals surface area contributed by atoms with Gasteiger partial charge in [-0.1, -0.05) is 23.7 Å². The Bertz CT molecular complexity index is 1300. The topological polar surface area (TPSA) is 91.2 Å². The third kappa shape index (κ3) is 6.44. The Balaban J connectivity index is 1.76. The second-order valence-electron chi connectivity index (χ2n) is 7.40. The first-order valence-corrected chi connectivity index (χ1v) is 10.6. The van der Waals surface area contributed by atoms with Gasteiger partial charge in [-0.3, -0.25) is 9.59 Å². The van der Waals surface area contributed by atoms with E-state index in [4.69, 9.17) is 16.3 Å². The molecule has 8 heteroatoms. The van der Waals surface area contributed by atoms with E-state index >= 15 is 0 Å². The molecule has 0 saturated carbocycles. The van der Waals surface area contributed by atoms with Crippen LogP contribution in [0.25, 0.3) is 6.08 Å². The van der Waals surface area contributed by atoms with Gasteiger partial charge >= 0.3 is 0 Å². The van der Waals surface area contributed by atoms with E-state index in [0.29, 0.717) is 22.0 Å². The molecule has 6 nitrogen and oxygen atoms in total. The first kappa shape index (κ1) is 24.5. The van der Waals surface area contributed by atoms with Gasteiger partial charge in [-0.15, -0.1) is 0 Å². The number of hydrogen-bond acceptors (Lipinski definition) is 4. The molecule has 0 atom stereocenters. The predicted octanol–water partition coefficient (Wildman–Crippen LogP) is 5.66. The normalized spacial score (nSPS) is 10.9. The number of halogens is 2. The average Bonchev–Trinajstić information content (AvgIpc) is 2.81. The number of nitriles is 1. The molecule has 0 saturated heterocycles. The summed E-state index contributed by atoms with van der Waals surface area (Å²) in [5, 5.41) is 15.3. The van der Waals surface area contributed by atoms with Crippen LogP contribution in [0.5, 0.6) is 5.75 Å². The van der Waals surface area contributed by atoms with Gasteiger partial charge < -0.3 is 15.4 Å². The lowest BCUT2D eigenvalue weighted by Gasteiger charge is -2.12. The highest BCUT2D eigenvalue weighted by Crippen LogP contribution is 2.26. The second-order valence-corrected chi connectivity index (χ2v) is 7.83. The number of anilines is 2. The van der Waals surface area contributed by atoms with Gasteiger partial charge in [0.05, 0.1) is 0 Å². The fourth-order valence-corrected chi connectivity index (χ4v) is 3.20. The number of ether oxygens (including phenoxy) is 1. The number of rotatable bonds is 7. The highest BCUT2D eigenvalue weighted by atomic mass is 35.5. The summed E-state index contributed by atoms with van der Waals surface area (Å²) >= 11 is 6.10. The molecule has 0 bridgehead atoms. The van der Waals surface area contributed by atoms with Crippen molar-refractivity contribution in [2.24, 2.45) is 0 Å². The van der Waals surface area contributed by atoms with Crippen LogP contribution >= 0.6 is 11.6 Å². The zero-order valence-electron chi connectivity index (χ0n) is 18.5. The molecule has 0 heterocycles. The first-order chi connectivity index (χ1) is 16.3. The minimum Gasteiger partial charge on any atom is -0.483 e. The molecule has 0 aliphatic heterocycles. The maximum absolute atomic E-state index is 13.0. The summed E-state index contributed by atoms with van der Waals surface area (Å²) in [5.74, 6) is -1.21. The summed E-state index contributed by atoms with van der Waals surface area (Å²) in [4.78, 5) is 24.9. The number of nitrogens with one attached hydrogen (secondary N) is 2. The van der Waals surface area contributed by atoms with E-state index in [1.807, 2.05) is 32.0 Å². The van der Waals surface area contributed by atoms with Gasteiger partial charge in [0.1, 0.15) is 23.2 Å². The van der Waals surface area contributed by atoms with Crippen molar-refractivity contribution in [1.29, 1.82) is 5.26 Å². The molecule has 2 N–H and O–H groups in total. The summed E-state index contributed by atoms with van der Waals surface area (Å²) in [6.45, 7) is 3.45. The van der Waals surface area contributed by atoms with Crippen molar-refractivity contribution in [3.63, 3.8) is 0 Å². The SMILES string of the molecule is Cc1cccc(NC(=O)/C(C#N)=C\c2cc(Cl)ccc2OCC(=O)Nc2ccc(F)cc2)c1C. The van der Waals surface area contributed by atoms with Crippen molar-refractivity contribution < 1.29 is 18.7 Å². The lowest BCUT2D eigenvalue weighted by atomic mass is 10.1. The van der Waals surface area contributed by atoms with Gasteiger partial charge in [0.2, 0.25) is 0 Å². The minimum atomic E-state index is -0.587. The summed E-state index contributed by atoms with van der Waals surface area (Å²) in [5.41, 5.74) is 3.11. The number of carbonyl (C=O) groups excluding carboxylic acids is 2.